The minimum Gasteiger partial charge on any atom is -0.398 e. The Kier molecular flexibility index (Phi) is 5.40. The van der Waals surface area contributed by atoms with E-state index in [2.05, 4.69) is 6.58 Å². The number of benzene rings is 1. The van der Waals surface area contributed by atoms with Crippen molar-refractivity contribution in [1.29, 1.82) is 0 Å². The maximum Gasteiger partial charge on any atom is 0.243 e. The Morgan fingerprint density at radius 1 is 1.47 bits per heavy atom. The van der Waals surface area contributed by atoms with Crippen LogP contribution in [-0.2, 0) is 10.0 Å². The summed E-state index contributed by atoms with van der Waals surface area (Å²) in [7, 11) is -3.59. The predicted octanol–water partition coefficient (Wildman–Crippen LogP) is 2.82. The summed E-state index contributed by atoms with van der Waals surface area (Å²) in [6, 6.07) is 2.89. The highest BCUT2D eigenvalue weighted by Gasteiger charge is 2.24. The lowest BCUT2D eigenvalue weighted by molar-refractivity contribution is 0.441. The van der Waals surface area contributed by atoms with E-state index in [-0.39, 0.29) is 11.4 Å². The Balaban J connectivity index is 3.28. The molecule has 0 amide bonds. The van der Waals surface area contributed by atoms with Crippen LogP contribution in [0.1, 0.15) is 18.9 Å². The van der Waals surface area contributed by atoms with Crippen LogP contribution < -0.4 is 5.73 Å². The van der Waals surface area contributed by atoms with Crippen LogP contribution in [0, 0.1) is 6.92 Å². The number of sulfonamides is 1. The molecule has 0 spiro atoms. The van der Waals surface area contributed by atoms with Crippen LogP contribution in [0.5, 0.6) is 0 Å². The quantitative estimate of drug-likeness (QED) is 0.649. The smallest absolute Gasteiger partial charge is 0.243 e. The Morgan fingerprint density at radius 3 is 2.58 bits per heavy atom. The van der Waals surface area contributed by atoms with Crippen LogP contribution in [0.15, 0.2) is 29.7 Å². The molecule has 0 bridgehead atoms. The average molecular weight is 303 g/mol. The van der Waals surface area contributed by atoms with E-state index in [0.717, 1.165) is 6.42 Å². The van der Waals surface area contributed by atoms with Gasteiger partial charge in [-0.3, -0.25) is 0 Å². The number of halogens is 1. The second-order valence-electron chi connectivity index (χ2n) is 4.27. The summed E-state index contributed by atoms with van der Waals surface area (Å²) in [4.78, 5) is 0.121. The predicted molar refractivity (Wildman–Crippen MR) is 79.8 cm³/mol. The number of hydrogen-bond acceptors (Lipinski definition) is 3. The van der Waals surface area contributed by atoms with E-state index in [1.54, 1.807) is 13.0 Å². The van der Waals surface area contributed by atoms with Gasteiger partial charge in [0.25, 0.3) is 0 Å². The number of nitrogen functional groups attached to an aromatic ring is 1. The van der Waals surface area contributed by atoms with E-state index >= 15 is 0 Å². The zero-order chi connectivity index (χ0) is 14.6. The molecule has 106 valence electrons. The first-order chi connectivity index (χ1) is 8.84. The Bertz CT molecular complexity index is 547. The van der Waals surface area contributed by atoms with Crippen LogP contribution in [0.4, 0.5) is 5.69 Å². The molecule has 0 heterocycles. The van der Waals surface area contributed by atoms with Gasteiger partial charge in [-0.2, -0.15) is 4.31 Å². The van der Waals surface area contributed by atoms with Crippen LogP contribution in [0.2, 0.25) is 5.02 Å². The number of hydrogen-bond donors (Lipinski definition) is 1. The van der Waals surface area contributed by atoms with E-state index in [9.17, 15) is 8.42 Å². The summed E-state index contributed by atoms with van der Waals surface area (Å²) < 4.78 is 26.3. The molecule has 0 aliphatic carbocycles. The van der Waals surface area contributed by atoms with Crippen molar-refractivity contribution in [2.45, 2.75) is 25.2 Å². The van der Waals surface area contributed by atoms with E-state index < -0.39 is 10.0 Å². The molecule has 1 aromatic rings. The molecule has 6 heteroatoms. The molecule has 0 aromatic heterocycles. The van der Waals surface area contributed by atoms with Gasteiger partial charge in [-0.15, -0.1) is 6.58 Å². The fourth-order valence-electron chi connectivity index (χ4n) is 1.68. The lowest BCUT2D eigenvalue weighted by Gasteiger charge is -2.20. The maximum absolute atomic E-state index is 12.5. The summed E-state index contributed by atoms with van der Waals surface area (Å²) in [6.07, 6.45) is 2.29. The normalized spacial score (nSPS) is 11.8. The molecule has 0 saturated carbocycles. The first-order valence-electron chi connectivity index (χ1n) is 6.01. The lowest BCUT2D eigenvalue weighted by Crippen LogP contribution is -2.32. The van der Waals surface area contributed by atoms with Crippen molar-refractivity contribution >= 4 is 27.3 Å². The van der Waals surface area contributed by atoms with Gasteiger partial charge in [0.05, 0.1) is 4.90 Å². The van der Waals surface area contributed by atoms with Crippen molar-refractivity contribution in [3.05, 3.63) is 35.4 Å². The lowest BCUT2D eigenvalue weighted by atomic mass is 10.2. The van der Waals surface area contributed by atoms with Gasteiger partial charge >= 0.3 is 0 Å². The third-order valence-electron chi connectivity index (χ3n) is 2.80. The van der Waals surface area contributed by atoms with Gasteiger partial charge < -0.3 is 5.73 Å². The highest BCUT2D eigenvalue weighted by molar-refractivity contribution is 7.89. The van der Waals surface area contributed by atoms with E-state index in [1.165, 1.54) is 16.4 Å². The second-order valence-corrected chi connectivity index (χ2v) is 6.62. The molecule has 1 aromatic carbocycles. The minimum atomic E-state index is -3.59. The standard InChI is InChI=1S/C13H19ClN2O2S/c1-4-6-16(7-5-2)19(17,18)11-8-12(14)10(3)13(15)9-11/h4,8-9H,1,5-7,15H2,2-3H3. The fourth-order valence-corrected chi connectivity index (χ4v) is 3.53. The van der Waals surface area contributed by atoms with Gasteiger partial charge in [0.15, 0.2) is 0 Å². The minimum absolute atomic E-state index is 0.121. The third kappa shape index (κ3) is 3.49. The highest BCUT2D eigenvalue weighted by atomic mass is 35.5. The SMILES string of the molecule is C=CCN(CCC)S(=O)(=O)c1cc(N)c(C)c(Cl)c1. The molecule has 0 aliphatic rings. The van der Waals surface area contributed by atoms with Gasteiger partial charge in [-0.05, 0) is 31.0 Å². The molecule has 0 aliphatic heterocycles. The summed E-state index contributed by atoms with van der Waals surface area (Å²) in [5.74, 6) is 0. The van der Waals surface area contributed by atoms with Gasteiger partial charge in [0.1, 0.15) is 0 Å². The van der Waals surface area contributed by atoms with Crippen LogP contribution in [-0.4, -0.2) is 25.8 Å². The van der Waals surface area contributed by atoms with Gasteiger partial charge in [0.2, 0.25) is 10.0 Å². The van der Waals surface area contributed by atoms with Gasteiger partial charge in [-0.25, -0.2) is 8.42 Å². The molecular weight excluding hydrogens is 284 g/mol. The molecule has 0 radical (unpaired) electrons. The highest BCUT2D eigenvalue weighted by Crippen LogP contribution is 2.27. The van der Waals surface area contributed by atoms with Crippen LogP contribution in [0.25, 0.3) is 0 Å². The molecule has 0 atom stereocenters. The average Bonchev–Trinajstić information content (AvgIpc) is 2.35. The van der Waals surface area contributed by atoms with Gasteiger partial charge in [0, 0.05) is 23.8 Å². The Hall–Kier alpha value is -1.04. The van der Waals surface area contributed by atoms with E-state index in [4.69, 9.17) is 17.3 Å². The van der Waals surface area contributed by atoms with Crippen molar-refractivity contribution < 1.29 is 8.42 Å². The Morgan fingerprint density at radius 2 is 2.11 bits per heavy atom. The monoisotopic (exact) mass is 302 g/mol. The van der Waals surface area contributed by atoms with Crippen molar-refractivity contribution in [2.75, 3.05) is 18.8 Å². The first kappa shape index (κ1) is 16.0. The number of nitrogens with zero attached hydrogens (tertiary/aromatic N) is 1. The van der Waals surface area contributed by atoms with Gasteiger partial charge in [-0.1, -0.05) is 24.6 Å². The zero-order valence-corrected chi connectivity index (χ0v) is 12.8. The van der Waals surface area contributed by atoms with Crippen molar-refractivity contribution in [3.8, 4) is 0 Å². The zero-order valence-electron chi connectivity index (χ0n) is 11.2. The molecule has 2 N–H and O–H groups in total. The molecule has 0 saturated heterocycles. The second kappa shape index (κ2) is 6.41. The van der Waals surface area contributed by atoms with Crippen LogP contribution in [0.3, 0.4) is 0 Å². The summed E-state index contributed by atoms with van der Waals surface area (Å²) in [5.41, 5.74) is 6.84. The Labute approximate surface area is 119 Å². The molecular formula is C13H19ClN2O2S. The maximum atomic E-state index is 12.5. The number of rotatable bonds is 6. The van der Waals surface area contributed by atoms with E-state index in [1.807, 2.05) is 6.92 Å². The van der Waals surface area contributed by atoms with Crippen molar-refractivity contribution in [1.82, 2.24) is 4.31 Å². The molecule has 1 rings (SSSR count). The van der Waals surface area contributed by atoms with E-state index in [0.29, 0.717) is 22.8 Å². The summed E-state index contributed by atoms with van der Waals surface area (Å²) in [6.45, 7) is 7.95. The summed E-state index contributed by atoms with van der Waals surface area (Å²) in [5, 5.41) is 0.355. The fraction of sp³-hybridized carbons (Fsp3) is 0.385. The molecule has 0 unspecified atom stereocenters. The topological polar surface area (TPSA) is 63.4 Å². The molecule has 0 fully saturated rings. The number of anilines is 1. The number of nitrogens with two attached hydrogens (primary N) is 1. The first-order valence-corrected chi connectivity index (χ1v) is 7.83. The van der Waals surface area contributed by atoms with Crippen molar-refractivity contribution in [3.63, 3.8) is 0 Å². The summed E-state index contributed by atoms with van der Waals surface area (Å²) >= 11 is 6.00. The van der Waals surface area contributed by atoms with Crippen LogP contribution >= 0.6 is 11.6 Å². The largest absolute Gasteiger partial charge is 0.398 e. The molecule has 4 nitrogen and oxygen atoms in total. The molecule has 19 heavy (non-hydrogen) atoms. The van der Waals surface area contributed by atoms with Crippen molar-refractivity contribution in [2.24, 2.45) is 0 Å². The third-order valence-corrected chi connectivity index (χ3v) is 5.04.